The van der Waals surface area contributed by atoms with Crippen LogP contribution in [0, 0.1) is 19.3 Å². The zero-order chi connectivity index (χ0) is 11.1. The first-order valence-corrected chi connectivity index (χ1v) is 5.85. The largest absolute Gasteiger partial charge is 0.382 e. The molecule has 0 amide bonds. The fourth-order valence-electron chi connectivity index (χ4n) is 2.01. The van der Waals surface area contributed by atoms with Crippen LogP contribution in [-0.2, 0) is 0 Å². The van der Waals surface area contributed by atoms with Crippen LogP contribution in [0.3, 0.4) is 0 Å². The molecule has 0 spiro atoms. The van der Waals surface area contributed by atoms with Gasteiger partial charge in [0.2, 0.25) is 0 Å². The molecule has 0 aliphatic heterocycles. The maximum atomic E-state index is 3.64. The van der Waals surface area contributed by atoms with Gasteiger partial charge in [0.25, 0.3) is 0 Å². The zero-order valence-electron chi connectivity index (χ0n) is 10.2. The molecule has 15 heavy (non-hydrogen) atoms. The molecule has 1 heteroatoms. The number of rotatable bonds is 3. The standard InChI is InChI=1S/C14H21N/c1-10-5-6-13(11(2)9-10)15-12(3)14(4)7-8-14/h5-6,9,12,15H,7-8H2,1-4H3. The highest BCUT2D eigenvalue weighted by molar-refractivity contribution is 5.52. The number of anilines is 1. The summed E-state index contributed by atoms with van der Waals surface area (Å²) < 4.78 is 0. The molecule has 1 aromatic carbocycles. The highest BCUT2D eigenvalue weighted by atomic mass is 14.9. The number of aryl methyl sites for hydroxylation is 2. The molecular formula is C14H21N. The Labute approximate surface area is 92.9 Å². The van der Waals surface area contributed by atoms with Gasteiger partial charge in [-0.3, -0.25) is 0 Å². The summed E-state index contributed by atoms with van der Waals surface area (Å²) in [5, 5.41) is 3.64. The van der Waals surface area contributed by atoms with Crippen molar-refractivity contribution >= 4 is 5.69 Å². The summed E-state index contributed by atoms with van der Waals surface area (Å²) in [4.78, 5) is 0. The number of hydrogen-bond acceptors (Lipinski definition) is 1. The second-order valence-electron chi connectivity index (χ2n) is 5.34. The van der Waals surface area contributed by atoms with Crippen molar-refractivity contribution in [3.63, 3.8) is 0 Å². The van der Waals surface area contributed by atoms with Gasteiger partial charge in [-0.05, 0) is 50.7 Å². The van der Waals surface area contributed by atoms with E-state index in [4.69, 9.17) is 0 Å². The normalized spacial score (nSPS) is 19.7. The molecule has 1 N–H and O–H groups in total. The number of benzene rings is 1. The van der Waals surface area contributed by atoms with Crippen LogP contribution in [0.1, 0.15) is 37.8 Å². The zero-order valence-corrected chi connectivity index (χ0v) is 10.2. The smallest absolute Gasteiger partial charge is 0.0372 e. The van der Waals surface area contributed by atoms with E-state index < -0.39 is 0 Å². The minimum atomic E-state index is 0.539. The average molecular weight is 203 g/mol. The number of nitrogens with one attached hydrogen (secondary N) is 1. The van der Waals surface area contributed by atoms with Gasteiger partial charge in [0.05, 0.1) is 0 Å². The molecule has 82 valence electrons. The van der Waals surface area contributed by atoms with Crippen molar-refractivity contribution in [1.29, 1.82) is 0 Å². The Morgan fingerprint density at radius 1 is 1.27 bits per heavy atom. The van der Waals surface area contributed by atoms with Crippen LogP contribution in [0.4, 0.5) is 5.69 Å². The second kappa shape index (κ2) is 3.55. The molecule has 0 saturated heterocycles. The maximum Gasteiger partial charge on any atom is 0.0372 e. The van der Waals surface area contributed by atoms with Gasteiger partial charge in [0.1, 0.15) is 0 Å². The fourth-order valence-corrected chi connectivity index (χ4v) is 2.01. The minimum absolute atomic E-state index is 0.539. The third-order valence-corrected chi connectivity index (χ3v) is 3.84. The third kappa shape index (κ3) is 2.17. The Hall–Kier alpha value is -0.980. The fraction of sp³-hybridized carbons (Fsp3) is 0.571. The first-order valence-electron chi connectivity index (χ1n) is 5.85. The molecule has 1 aliphatic carbocycles. The predicted molar refractivity (Wildman–Crippen MR) is 66.3 cm³/mol. The minimum Gasteiger partial charge on any atom is -0.382 e. The molecule has 0 aromatic heterocycles. The average Bonchev–Trinajstić information content (AvgIpc) is 2.90. The van der Waals surface area contributed by atoms with Gasteiger partial charge in [-0.2, -0.15) is 0 Å². The monoisotopic (exact) mass is 203 g/mol. The van der Waals surface area contributed by atoms with Gasteiger partial charge < -0.3 is 5.32 Å². The van der Waals surface area contributed by atoms with Crippen LogP contribution in [0.25, 0.3) is 0 Å². The van der Waals surface area contributed by atoms with E-state index in [1.807, 2.05) is 0 Å². The summed E-state index contributed by atoms with van der Waals surface area (Å²) >= 11 is 0. The maximum absolute atomic E-state index is 3.64. The third-order valence-electron chi connectivity index (χ3n) is 3.84. The van der Waals surface area contributed by atoms with Gasteiger partial charge in [0, 0.05) is 11.7 Å². The van der Waals surface area contributed by atoms with Crippen molar-refractivity contribution in [2.45, 2.75) is 46.6 Å². The van der Waals surface area contributed by atoms with Crippen LogP contribution in [-0.4, -0.2) is 6.04 Å². The van der Waals surface area contributed by atoms with Crippen LogP contribution in [0.2, 0.25) is 0 Å². The van der Waals surface area contributed by atoms with Crippen molar-refractivity contribution in [2.75, 3.05) is 5.32 Å². The quantitative estimate of drug-likeness (QED) is 0.785. The molecule has 1 saturated carbocycles. The summed E-state index contributed by atoms with van der Waals surface area (Å²) in [5.74, 6) is 0. The van der Waals surface area contributed by atoms with E-state index in [0.717, 1.165) is 0 Å². The van der Waals surface area contributed by atoms with Crippen LogP contribution >= 0.6 is 0 Å². The predicted octanol–water partition coefficient (Wildman–Crippen LogP) is 3.90. The van der Waals surface area contributed by atoms with Crippen molar-refractivity contribution < 1.29 is 0 Å². The molecule has 1 nitrogen and oxygen atoms in total. The lowest BCUT2D eigenvalue weighted by Crippen LogP contribution is -2.25. The van der Waals surface area contributed by atoms with E-state index in [1.54, 1.807) is 0 Å². The van der Waals surface area contributed by atoms with Crippen LogP contribution in [0.15, 0.2) is 18.2 Å². The molecule has 1 aromatic rings. The van der Waals surface area contributed by atoms with Gasteiger partial charge in [-0.1, -0.05) is 24.6 Å². The van der Waals surface area contributed by atoms with E-state index in [1.165, 1.54) is 29.7 Å². The molecule has 0 bridgehead atoms. The van der Waals surface area contributed by atoms with Crippen molar-refractivity contribution in [2.24, 2.45) is 5.41 Å². The van der Waals surface area contributed by atoms with E-state index >= 15 is 0 Å². The Bertz CT molecular complexity index is 364. The van der Waals surface area contributed by atoms with Crippen molar-refractivity contribution in [3.05, 3.63) is 29.3 Å². The Kier molecular flexibility index (Phi) is 2.49. The van der Waals surface area contributed by atoms with E-state index in [-0.39, 0.29) is 0 Å². The SMILES string of the molecule is Cc1ccc(NC(C)C2(C)CC2)c(C)c1. The molecule has 1 fully saturated rings. The lowest BCUT2D eigenvalue weighted by molar-refractivity contribution is 0.493. The molecule has 2 rings (SSSR count). The van der Waals surface area contributed by atoms with E-state index in [0.29, 0.717) is 11.5 Å². The molecule has 0 heterocycles. The van der Waals surface area contributed by atoms with Gasteiger partial charge in [-0.25, -0.2) is 0 Å². The van der Waals surface area contributed by atoms with Crippen molar-refractivity contribution in [1.82, 2.24) is 0 Å². The highest BCUT2D eigenvalue weighted by Crippen LogP contribution is 2.48. The van der Waals surface area contributed by atoms with Crippen molar-refractivity contribution in [3.8, 4) is 0 Å². The summed E-state index contributed by atoms with van der Waals surface area (Å²) in [6.45, 7) is 8.99. The molecule has 1 atom stereocenters. The van der Waals surface area contributed by atoms with Crippen LogP contribution < -0.4 is 5.32 Å². The Morgan fingerprint density at radius 3 is 2.47 bits per heavy atom. The topological polar surface area (TPSA) is 12.0 Å². The molecule has 0 radical (unpaired) electrons. The molecular weight excluding hydrogens is 182 g/mol. The van der Waals surface area contributed by atoms with Gasteiger partial charge in [-0.15, -0.1) is 0 Å². The van der Waals surface area contributed by atoms with Gasteiger partial charge >= 0.3 is 0 Å². The Morgan fingerprint density at radius 2 is 1.93 bits per heavy atom. The highest BCUT2D eigenvalue weighted by Gasteiger charge is 2.42. The second-order valence-corrected chi connectivity index (χ2v) is 5.34. The summed E-state index contributed by atoms with van der Waals surface area (Å²) in [6.07, 6.45) is 2.73. The van der Waals surface area contributed by atoms with E-state index in [2.05, 4.69) is 51.2 Å². The Balaban J connectivity index is 2.10. The summed E-state index contributed by atoms with van der Waals surface area (Å²) in [7, 11) is 0. The first kappa shape index (κ1) is 10.5. The van der Waals surface area contributed by atoms with Gasteiger partial charge in [0.15, 0.2) is 0 Å². The lowest BCUT2D eigenvalue weighted by atomic mass is 10.00. The summed E-state index contributed by atoms with van der Waals surface area (Å²) in [5.41, 5.74) is 4.52. The first-order chi connectivity index (χ1) is 7.01. The van der Waals surface area contributed by atoms with E-state index in [9.17, 15) is 0 Å². The molecule has 1 unspecified atom stereocenters. The number of hydrogen-bond donors (Lipinski definition) is 1. The summed E-state index contributed by atoms with van der Waals surface area (Å²) in [6, 6.07) is 7.20. The van der Waals surface area contributed by atoms with Crippen LogP contribution in [0.5, 0.6) is 0 Å². The molecule has 1 aliphatic rings. The lowest BCUT2D eigenvalue weighted by Gasteiger charge is -2.23.